The van der Waals surface area contributed by atoms with E-state index in [9.17, 15) is 9.70 Å². The van der Waals surface area contributed by atoms with Crippen molar-refractivity contribution in [1.29, 1.82) is 0 Å². The van der Waals surface area contributed by atoms with Crippen LogP contribution in [0.2, 0.25) is 0 Å². The molecular weight excluding hydrogens is 318 g/mol. The highest BCUT2D eigenvalue weighted by Gasteiger charge is 2.41. The Kier molecular flexibility index (Phi) is 3.25. The number of benzene rings is 1. The highest BCUT2D eigenvalue weighted by molar-refractivity contribution is 6.19. The van der Waals surface area contributed by atoms with Gasteiger partial charge in [-0.3, -0.25) is 4.79 Å². The summed E-state index contributed by atoms with van der Waals surface area (Å²) in [5, 5.41) is 3.79. The van der Waals surface area contributed by atoms with E-state index in [-0.39, 0.29) is 12.3 Å². The summed E-state index contributed by atoms with van der Waals surface area (Å²) in [7, 11) is 1.56. The Morgan fingerprint density at radius 1 is 1.24 bits per heavy atom. The smallest absolute Gasteiger partial charge is 0.213 e. The minimum absolute atomic E-state index is 0.0491. The van der Waals surface area contributed by atoms with Crippen molar-refractivity contribution in [3.05, 3.63) is 63.3 Å². The molecule has 3 aromatic rings. The number of ketones is 1. The largest absolute Gasteiger partial charge is 0.481 e. The summed E-state index contributed by atoms with van der Waals surface area (Å²) in [4.78, 5) is 31.5. The van der Waals surface area contributed by atoms with E-state index < -0.39 is 5.41 Å². The lowest BCUT2D eigenvalue weighted by Crippen LogP contribution is -2.31. The first kappa shape index (κ1) is 15.5. The van der Waals surface area contributed by atoms with Gasteiger partial charge in [-0.2, -0.15) is 4.91 Å². The van der Waals surface area contributed by atoms with Crippen LogP contribution in [0.25, 0.3) is 10.9 Å². The van der Waals surface area contributed by atoms with Gasteiger partial charge in [0.1, 0.15) is 6.54 Å². The molecule has 0 spiro atoms. The van der Waals surface area contributed by atoms with E-state index in [0.29, 0.717) is 22.7 Å². The number of hydrogen-bond donors (Lipinski definition) is 1. The number of nitroso groups, excluding NO2 is 1. The molecule has 1 aliphatic rings. The third kappa shape index (κ3) is 2.10. The van der Waals surface area contributed by atoms with Gasteiger partial charge in [-0.05, 0) is 31.5 Å². The number of hydrogen-bond acceptors (Lipinski definition) is 5. The number of nitrogens with one attached hydrogen (secondary N) is 1. The van der Waals surface area contributed by atoms with Crippen LogP contribution in [0.1, 0.15) is 46.7 Å². The molecule has 0 saturated carbocycles. The van der Waals surface area contributed by atoms with Gasteiger partial charge in [0.25, 0.3) is 0 Å². The summed E-state index contributed by atoms with van der Waals surface area (Å²) in [6.07, 6.45) is 0. The van der Waals surface area contributed by atoms with Crippen LogP contribution < -0.4 is 4.74 Å². The van der Waals surface area contributed by atoms with Crippen LogP contribution in [-0.4, -0.2) is 22.9 Å². The molecule has 2 aromatic heterocycles. The van der Waals surface area contributed by atoms with Gasteiger partial charge in [-0.25, -0.2) is 4.98 Å². The number of rotatable bonds is 3. The lowest BCUT2D eigenvalue weighted by Gasteiger charge is -2.30. The molecule has 0 aliphatic heterocycles. The molecule has 2 heterocycles. The lowest BCUT2D eigenvalue weighted by atomic mass is 9.74. The minimum atomic E-state index is -0.477. The summed E-state index contributed by atoms with van der Waals surface area (Å²) in [6.45, 7) is 4.18. The Balaban J connectivity index is 1.99. The number of ether oxygens (including phenoxy) is 1. The summed E-state index contributed by atoms with van der Waals surface area (Å²) >= 11 is 0. The van der Waals surface area contributed by atoms with Crippen LogP contribution in [0.15, 0.2) is 35.5 Å². The second kappa shape index (κ2) is 5.24. The van der Waals surface area contributed by atoms with Crippen molar-refractivity contribution in [1.82, 2.24) is 9.97 Å². The standard InChI is InChI=1S/C19H17N3O3/c1-19(2)17-12(6-7-14(22-17)25-3)16(23)15-11-5-4-10(9-20-24)8-13(11)21-18(15)19/h4-8,21H,9H2,1-3H3. The van der Waals surface area contributed by atoms with Crippen LogP contribution in [0.3, 0.4) is 0 Å². The summed E-state index contributed by atoms with van der Waals surface area (Å²) < 4.78 is 5.23. The van der Waals surface area contributed by atoms with Gasteiger partial charge in [-0.1, -0.05) is 17.3 Å². The van der Waals surface area contributed by atoms with E-state index in [4.69, 9.17) is 4.74 Å². The van der Waals surface area contributed by atoms with Gasteiger partial charge in [-0.15, -0.1) is 0 Å². The lowest BCUT2D eigenvalue weighted by molar-refractivity contribution is 0.103. The van der Waals surface area contributed by atoms with Crippen molar-refractivity contribution >= 4 is 16.7 Å². The predicted octanol–water partition coefficient (Wildman–Crippen LogP) is 3.71. The number of carbonyl (C=O) groups excluding carboxylic acids is 1. The van der Waals surface area contributed by atoms with E-state index in [1.807, 2.05) is 32.0 Å². The van der Waals surface area contributed by atoms with Crippen LogP contribution >= 0.6 is 0 Å². The fourth-order valence-corrected chi connectivity index (χ4v) is 3.59. The molecule has 1 N–H and O–H groups in total. The van der Waals surface area contributed by atoms with Crippen LogP contribution in [0.5, 0.6) is 5.88 Å². The number of carbonyl (C=O) groups is 1. The molecule has 0 atom stereocenters. The minimum Gasteiger partial charge on any atom is -0.481 e. The van der Waals surface area contributed by atoms with Crippen molar-refractivity contribution in [2.75, 3.05) is 7.11 Å². The average molecular weight is 335 g/mol. The van der Waals surface area contributed by atoms with E-state index in [0.717, 1.165) is 22.2 Å². The maximum Gasteiger partial charge on any atom is 0.213 e. The van der Waals surface area contributed by atoms with Gasteiger partial charge in [0.2, 0.25) is 5.88 Å². The predicted molar refractivity (Wildman–Crippen MR) is 94.1 cm³/mol. The second-order valence-electron chi connectivity index (χ2n) is 6.75. The average Bonchev–Trinajstić information content (AvgIpc) is 3.00. The Morgan fingerprint density at radius 2 is 2.04 bits per heavy atom. The number of pyridine rings is 1. The normalized spacial score (nSPS) is 14.9. The molecule has 0 unspecified atom stereocenters. The van der Waals surface area contributed by atoms with Crippen molar-refractivity contribution in [3.63, 3.8) is 0 Å². The highest BCUT2D eigenvalue weighted by Crippen LogP contribution is 2.43. The maximum absolute atomic E-state index is 13.1. The maximum atomic E-state index is 13.1. The van der Waals surface area contributed by atoms with Crippen LogP contribution in [0, 0.1) is 4.91 Å². The highest BCUT2D eigenvalue weighted by atomic mass is 16.5. The molecule has 6 nitrogen and oxygen atoms in total. The van der Waals surface area contributed by atoms with Crippen molar-refractivity contribution in [2.45, 2.75) is 25.8 Å². The van der Waals surface area contributed by atoms with E-state index in [1.165, 1.54) is 0 Å². The number of aromatic nitrogens is 2. The number of aromatic amines is 1. The quantitative estimate of drug-likeness (QED) is 0.740. The first-order chi connectivity index (χ1) is 12.0. The molecule has 4 rings (SSSR count). The number of H-pyrrole nitrogens is 1. The molecule has 0 bridgehead atoms. The zero-order valence-electron chi connectivity index (χ0n) is 14.2. The molecule has 126 valence electrons. The third-order valence-corrected chi connectivity index (χ3v) is 4.88. The number of nitrogens with zero attached hydrogens (tertiary/aromatic N) is 2. The first-order valence-electron chi connectivity index (χ1n) is 8.01. The molecule has 6 heteroatoms. The zero-order valence-corrected chi connectivity index (χ0v) is 14.2. The second-order valence-corrected chi connectivity index (χ2v) is 6.75. The Morgan fingerprint density at radius 3 is 2.76 bits per heavy atom. The zero-order chi connectivity index (χ0) is 17.8. The van der Waals surface area contributed by atoms with Gasteiger partial charge in [0.05, 0.1) is 18.4 Å². The van der Waals surface area contributed by atoms with E-state index >= 15 is 0 Å². The molecule has 0 amide bonds. The molecular formula is C19H17N3O3. The molecule has 1 aliphatic carbocycles. The van der Waals surface area contributed by atoms with Crippen LogP contribution in [-0.2, 0) is 12.0 Å². The Labute approximate surface area is 144 Å². The van der Waals surface area contributed by atoms with E-state index in [1.54, 1.807) is 19.2 Å². The van der Waals surface area contributed by atoms with Gasteiger partial charge in [0, 0.05) is 33.6 Å². The third-order valence-electron chi connectivity index (χ3n) is 4.88. The Bertz CT molecular complexity index is 1030. The van der Waals surface area contributed by atoms with Gasteiger partial charge < -0.3 is 9.72 Å². The van der Waals surface area contributed by atoms with Crippen molar-refractivity contribution in [2.24, 2.45) is 5.18 Å². The van der Waals surface area contributed by atoms with Crippen molar-refractivity contribution in [3.8, 4) is 5.88 Å². The monoisotopic (exact) mass is 335 g/mol. The van der Waals surface area contributed by atoms with Gasteiger partial charge in [0.15, 0.2) is 5.78 Å². The summed E-state index contributed by atoms with van der Waals surface area (Å²) in [5.74, 6) is 0.436. The molecule has 0 saturated heterocycles. The summed E-state index contributed by atoms with van der Waals surface area (Å²) in [5.41, 5.74) is 3.96. The topological polar surface area (TPSA) is 84.4 Å². The molecule has 25 heavy (non-hydrogen) atoms. The SMILES string of the molecule is COc1ccc2c(n1)C(C)(C)c1[nH]c3cc(CN=O)ccc3c1C2=O. The number of methoxy groups -OCH3 is 1. The molecule has 0 radical (unpaired) electrons. The summed E-state index contributed by atoms with van der Waals surface area (Å²) in [6, 6.07) is 9.07. The van der Waals surface area contributed by atoms with Crippen LogP contribution in [0.4, 0.5) is 0 Å². The fraction of sp³-hybridized carbons (Fsp3) is 0.263. The fourth-order valence-electron chi connectivity index (χ4n) is 3.59. The molecule has 0 fully saturated rings. The Hall–Kier alpha value is -3.02. The molecule has 1 aromatic carbocycles. The number of fused-ring (bicyclic) bond motifs is 4. The van der Waals surface area contributed by atoms with Crippen molar-refractivity contribution < 1.29 is 9.53 Å². The van der Waals surface area contributed by atoms with E-state index in [2.05, 4.69) is 15.1 Å². The van der Waals surface area contributed by atoms with Gasteiger partial charge >= 0.3 is 0 Å². The first-order valence-corrected chi connectivity index (χ1v) is 8.01.